The average Bonchev–Trinajstić information content (AvgIpc) is 2.75. The summed E-state index contributed by atoms with van der Waals surface area (Å²) in [6, 6.07) is 14.4. The molecular formula is C26H28ClN3O. The van der Waals surface area contributed by atoms with Crippen molar-refractivity contribution in [1.29, 1.82) is 0 Å². The Morgan fingerprint density at radius 3 is 2.29 bits per heavy atom. The minimum Gasteiger partial charge on any atom is -0.347 e. The maximum atomic E-state index is 13.0. The first-order valence-electron chi connectivity index (χ1n) is 11.0. The zero-order valence-corrected chi connectivity index (χ0v) is 19.1. The smallest absolute Gasteiger partial charge is 0.289 e. The summed E-state index contributed by atoms with van der Waals surface area (Å²) in [7, 11) is 0. The molecule has 0 spiro atoms. The number of carbonyl (C=O) groups is 1. The van der Waals surface area contributed by atoms with Crippen LogP contribution in [0.4, 0.5) is 0 Å². The molecule has 0 atom stereocenters. The molecule has 160 valence electrons. The van der Waals surface area contributed by atoms with Crippen molar-refractivity contribution in [3.63, 3.8) is 0 Å². The quantitative estimate of drug-likeness (QED) is 0.514. The topological polar surface area (TPSA) is 54.9 Å². The van der Waals surface area contributed by atoms with Gasteiger partial charge in [-0.3, -0.25) is 4.79 Å². The lowest BCUT2D eigenvalue weighted by molar-refractivity contribution is 0.0917. The molecule has 1 saturated carbocycles. The van der Waals surface area contributed by atoms with E-state index < -0.39 is 0 Å². The van der Waals surface area contributed by atoms with Gasteiger partial charge < -0.3 is 5.32 Å². The summed E-state index contributed by atoms with van der Waals surface area (Å²) in [5.74, 6) is -0.0134. The van der Waals surface area contributed by atoms with Crippen molar-refractivity contribution in [2.75, 3.05) is 0 Å². The van der Waals surface area contributed by atoms with E-state index in [2.05, 4.69) is 41.5 Å². The summed E-state index contributed by atoms with van der Waals surface area (Å²) in [5.41, 5.74) is 6.43. The van der Waals surface area contributed by atoms with Crippen LogP contribution in [0.3, 0.4) is 0 Å². The third-order valence-electron chi connectivity index (χ3n) is 5.95. The molecule has 5 heteroatoms. The highest BCUT2D eigenvalue weighted by Gasteiger charge is 2.23. The number of hydrogen-bond acceptors (Lipinski definition) is 3. The van der Waals surface area contributed by atoms with E-state index in [1.807, 2.05) is 32.0 Å². The molecule has 0 bridgehead atoms. The number of nitrogens with zero attached hydrogens (tertiary/aromatic N) is 2. The Bertz CT molecular complexity index is 1100. The molecule has 3 aromatic rings. The maximum Gasteiger partial charge on any atom is 0.289 e. The average molecular weight is 434 g/mol. The van der Waals surface area contributed by atoms with Crippen LogP contribution in [0.2, 0.25) is 5.02 Å². The standard InChI is InChI=1S/C26H28ClN3O/c1-16-9-12-19(13-10-16)23-18(3)28-25(26(31)29-20-7-5-4-6-8-20)30-24(23)21-14-11-17(2)15-22(21)27/h9-15,20H,4-8H2,1-3H3,(H,29,31). The van der Waals surface area contributed by atoms with Crippen LogP contribution in [0.15, 0.2) is 42.5 Å². The Morgan fingerprint density at radius 1 is 0.935 bits per heavy atom. The first-order valence-corrected chi connectivity index (χ1v) is 11.3. The summed E-state index contributed by atoms with van der Waals surface area (Å²) in [6.07, 6.45) is 5.58. The van der Waals surface area contributed by atoms with Crippen LogP contribution in [0, 0.1) is 20.8 Å². The zero-order chi connectivity index (χ0) is 22.0. The molecule has 2 aromatic carbocycles. The number of amides is 1. The van der Waals surface area contributed by atoms with Crippen molar-refractivity contribution in [2.24, 2.45) is 0 Å². The predicted octanol–water partition coefficient (Wildman–Crippen LogP) is 6.45. The molecule has 1 amide bonds. The fourth-order valence-corrected chi connectivity index (χ4v) is 4.57. The molecule has 31 heavy (non-hydrogen) atoms. The second kappa shape index (κ2) is 9.19. The number of halogens is 1. The summed E-state index contributed by atoms with van der Waals surface area (Å²) >= 11 is 6.63. The fourth-order valence-electron chi connectivity index (χ4n) is 4.24. The van der Waals surface area contributed by atoms with Gasteiger partial charge in [-0.1, -0.05) is 72.8 Å². The fraction of sp³-hybridized carbons (Fsp3) is 0.346. The van der Waals surface area contributed by atoms with Crippen molar-refractivity contribution in [2.45, 2.75) is 58.9 Å². The zero-order valence-electron chi connectivity index (χ0n) is 18.3. The molecule has 0 saturated heterocycles. The molecule has 0 radical (unpaired) electrons. The third-order valence-corrected chi connectivity index (χ3v) is 6.27. The van der Waals surface area contributed by atoms with Gasteiger partial charge in [-0.2, -0.15) is 0 Å². The highest BCUT2D eigenvalue weighted by Crippen LogP contribution is 2.36. The van der Waals surface area contributed by atoms with Crippen LogP contribution in [-0.4, -0.2) is 21.9 Å². The van der Waals surface area contributed by atoms with Crippen molar-refractivity contribution in [3.05, 3.63) is 70.1 Å². The van der Waals surface area contributed by atoms with E-state index in [0.717, 1.165) is 53.6 Å². The normalized spacial score (nSPS) is 14.5. The SMILES string of the molecule is Cc1ccc(-c2c(C)nc(C(=O)NC3CCCCC3)nc2-c2ccc(C)cc2Cl)cc1. The summed E-state index contributed by atoms with van der Waals surface area (Å²) in [5, 5.41) is 3.75. The van der Waals surface area contributed by atoms with Crippen molar-refractivity contribution in [1.82, 2.24) is 15.3 Å². The highest BCUT2D eigenvalue weighted by molar-refractivity contribution is 6.33. The van der Waals surface area contributed by atoms with E-state index in [-0.39, 0.29) is 17.8 Å². The van der Waals surface area contributed by atoms with Crippen LogP contribution in [0.25, 0.3) is 22.4 Å². The van der Waals surface area contributed by atoms with E-state index in [0.29, 0.717) is 10.7 Å². The van der Waals surface area contributed by atoms with Gasteiger partial charge in [0.25, 0.3) is 5.91 Å². The lowest BCUT2D eigenvalue weighted by atomic mass is 9.95. The predicted molar refractivity (Wildman–Crippen MR) is 126 cm³/mol. The monoisotopic (exact) mass is 433 g/mol. The number of rotatable bonds is 4. The molecule has 0 aliphatic heterocycles. The molecule has 4 nitrogen and oxygen atoms in total. The van der Waals surface area contributed by atoms with Crippen LogP contribution >= 0.6 is 11.6 Å². The highest BCUT2D eigenvalue weighted by atomic mass is 35.5. The van der Waals surface area contributed by atoms with Crippen molar-refractivity contribution < 1.29 is 4.79 Å². The van der Waals surface area contributed by atoms with Gasteiger partial charge in [0.2, 0.25) is 5.82 Å². The minimum absolute atomic E-state index is 0.200. The molecule has 1 N–H and O–H groups in total. The van der Waals surface area contributed by atoms with E-state index in [9.17, 15) is 4.79 Å². The number of benzene rings is 2. The van der Waals surface area contributed by atoms with E-state index >= 15 is 0 Å². The van der Waals surface area contributed by atoms with Crippen LogP contribution in [0.1, 0.15) is 59.5 Å². The largest absolute Gasteiger partial charge is 0.347 e. The minimum atomic E-state index is -0.213. The van der Waals surface area contributed by atoms with Gasteiger partial charge in [-0.15, -0.1) is 0 Å². The third kappa shape index (κ3) is 4.80. The van der Waals surface area contributed by atoms with Gasteiger partial charge in [0, 0.05) is 17.2 Å². The Balaban J connectivity index is 1.81. The molecular weight excluding hydrogens is 406 g/mol. The molecule has 4 rings (SSSR count). The van der Waals surface area contributed by atoms with Crippen LogP contribution in [0.5, 0.6) is 0 Å². The second-order valence-electron chi connectivity index (χ2n) is 8.51. The molecule has 1 aromatic heterocycles. The summed E-state index contributed by atoms with van der Waals surface area (Å²) in [4.78, 5) is 22.4. The maximum absolute atomic E-state index is 13.0. The second-order valence-corrected chi connectivity index (χ2v) is 8.92. The van der Waals surface area contributed by atoms with Crippen LogP contribution in [-0.2, 0) is 0 Å². The first kappa shape index (κ1) is 21.5. The molecule has 1 aliphatic rings. The Hall–Kier alpha value is -2.72. The number of hydrogen-bond donors (Lipinski definition) is 1. The Labute approximate surface area is 189 Å². The number of nitrogens with one attached hydrogen (secondary N) is 1. The molecule has 1 fully saturated rings. The van der Waals surface area contributed by atoms with Gasteiger partial charge in [0.15, 0.2) is 0 Å². The molecule has 0 unspecified atom stereocenters. The number of aryl methyl sites for hydroxylation is 3. The van der Waals surface area contributed by atoms with E-state index in [4.69, 9.17) is 16.6 Å². The summed E-state index contributed by atoms with van der Waals surface area (Å²) < 4.78 is 0. The van der Waals surface area contributed by atoms with Gasteiger partial charge in [-0.05, 0) is 50.8 Å². The van der Waals surface area contributed by atoms with Crippen molar-refractivity contribution >= 4 is 17.5 Å². The van der Waals surface area contributed by atoms with Crippen LogP contribution < -0.4 is 5.32 Å². The number of aromatic nitrogens is 2. The summed E-state index contributed by atoms with van der Waals surface area (Å²) in [6.45, 7) is 5.99. The Kier molecular flexibility index (Phi) is 6.38. The lowest BCUT2D eigenvalue weighted by Gasteiger charge is -2.22. The molecule has 1 aliphatic carbocycles. The Morgan fingerprint density at radius 2 is 1.61 bits per heavy atom. The number of carbonyl (C=O) groups excluding carboxylic acids is 1. The first-order chi connectivity index (χ1) is 14.9. The van der Waals surface area contributed by atoms with E-state index in [1.165, 1.54) is 12.0 Å². The van der Waals surface area contributed by atoms with Gasteiger partial charge >= 0.3 is 0 Å². The van der Waals surface area contributed by atoms with Crippen molar-refractivity contribution in [3.8, 4) is 22.4 Å². The van der Waals surface area contributed by atoms with E-state index in [1.54, 1.807) is 0 Å². The van der Waals surface area contributed by atoms with Gasteiger partial charge in [0.05, 0.1) is 16.4 Å². The lowest BCUT2D eigenvalue weighted by Crippen LogP contribution is -2.37. The van der Waals surface area contributed by atoms with Gasteiger partial charge in [-0.25, -0.2) is 9.97 Å². The molecule has 1 heterocycles. The van der Waals surface area contributed by atoms with Gasteiger partial charge in [0.1, 0.15) is 0 Å².